The summed E-state index contributed by atoms with van der Waals surface area (Å²) in [4.78, 5) is 15.3. The van der Waals surface area contributed by atoms with Gasteiger partial charge in [-0.05, 0) is 43.9 Å². The van der Waals surface area contributed by atoms with E-state index in [2.05, 4.69) is 25.2 Å². The number of rotatable bonds is 5. The highest BCUT2D eigenvalue weighted by molar-refractivity contribution is 5.85. The molecular formula is C24H26F3N5O2. The lowest BCUT2D eigenvalue weighted by molar-refractivity contribution is -0.137. The monoisotopic (exact) mass is 473 g/mol. The third-order valence-electron chi connectivity index (χ3n) is 6.31. The zero-order valence-corrected chi connectivity index (χ0v) is 18.6. The molecule has 1 aliphatic heterocycles. The van der Waals surface area contributed by atoms with Gasteiger partial charge in [-0.3, -0.25) is 4.98 Å². The van der Waals surface area contributed by atoms with E-state index < -0.39 is 11.7 Å². The molecule has 180 valence electrons. The topological polar surface area (TPSA) is 72.4 Å². The molecule has 34 heavy (non-hydrogen) atoms. The summed E-state index contributed by atoms with van der Waals surface area (Å²) in [6.07, 6.45) is 3.24. The number of hydrogen-bond donors (Lipinski definition) is 1. The first-order valence-corrected chi connectivity index (χ1v) is 11.5. The fourth-order valence-corrected chi connectivity index (χ4v) is 4.52. The molecule has 2 aromatic heterocycles. The average Bonchev–Trinajstić information content (AvgIpc) is 2.85. The van der Waals surface area contributed by atoms with Crippen LogP contribution in [-0.2, 0) is 10.9 Å². The van der Waals surface area contributed by atoms with Gasteiger partial charge in [-0.1, -0.05) is 0 Å². The molecule has 3 heterocycles. The van der Waals surface area contributed by atoms with Crippen molar-refractivity contribution in [2.24, 2.45) is 0 Å². The van der Waals surface area contributed by atoms with Crippen LogP contribution < -0.4 is 15.0 Å². The molecule has 0 radical (unpaired) electrons. The maximum absolute atomic E-state index is 13.0. The fraction of sp³-hybridized carbons (Fsp3) is 0.458. The van der Waals surface area contributed by atoms with Crippen molar-refractivity contribution >= 4 is 22.5 Å². The Hall–Kier alpha value is -3.14. The van der Waals surface area contributed by atoms with Gasteiger partial charge < -0.3 is 19.7 Å². The van der Waals surface area contributed by atoms with Crippen molar-refractivity contribution in [3.63, 3.8) is 0 Å². The smallest absolute Gasteiger partial charge is 0.416 e. The Morgan fingerprint density at radius 3 is 2.47 bits per heavy atom. The van der Waals surface area contributed by atoms with E-state index in [0.29, 0.717) is 19.0 Å². The molecule has 1 aromatic carbocycles. The molecule has 7 nitrogen and oxygen atoms in total. The minimum atomic E-state index is -4.38. The van der Waals surface area contributed by atoms with Gasteiger partial charge in [0.1, 0.15) is 17.1 Å². The van der Waals surface area contributed by atoms with E-state index in [-0.39, 0.29) is 18.0 Å². The van der Waals surface area contributed by atoms with E-state index in [1.807, 2.05) is 12.1 Å². The number of ether oxygens (including phenoxy) is 2. The average molecular weight is 473 g/mol. The van der Waals surface area contributed by atoms with Crippen LogP contribution in [0.4, 0.5) is 24.7 Å². The van der Waals surface area contributed by atoms with Crippen molar-refractivity contribution < 1.29 is 22.6 Å². The Morgan fingerprint density at radius 2 is 1.71 bits per heavy atom. The van der Waals surface area contributed by atoms with Gasteiger partial charge in [0.2, 0.25) is 0 Å². The Kier molecular flexibility index (Phi) is 6.40. The van der Waals surface area contributed by atoms with Gasteiger partial charge in [0.25, 0.3) is 0 Å². The molecule has 0 unspecified atom stereocenters. The van der Waals surface area contributed by atoms with Crippen LogP contribution in [0.1, 0.15) is 31.2 Å². The van der Waals surface area contributed by atoms with Crippen LogP contribution in [0.15, 0.2) is 42.9 Å². The summed E-state index contributed by atoms with van der Waals surface area (Å²) in [5.41, 5.74) is 1.85. The molecule has 5 rings (SSSR count). The van der Waals surface area contributed by atoms with Crippen molar-refractivity contribution in [1.82, 2.24) is 15.0 Å². The molecule has 2 aliphatic rings. The largest absolute Gasteiger partial charge is 0.488 e. The molecule has 1 saturated carbocycles. The van der Waals surface area contributed by atoms with Gasteiger partial charge in [-0.25, -0.2) is 9.97 Å². The summed E-state index contributed by atoms with van der Waals surface area (Å²) in [5, 5.41) is 3.15. The van der Waals surface area contributed by atoms with E-state index in [1.165, 1.54) is 6.20 Å². The number of pyridine rings is 1. The predicted octanol–water partition coefficient (Wildman–Crippen LogP) is 4.68. The van der Waals surface area contributed by atoms with Crippen LogP contribution in [0, 0.1) is 0 Å². The number of alkyl halides is 3. The van der Waals surface area contributed by atoms with Crippen LogP contribution in [0.5, 0.6) is 5.75 Å². The molecule has 3 aromatic rings. The summed E-state index contributed by atoms with van der Waals surface area (Å²) in [6.45, 7) is 3.00. The lowest BCUT2D eigenvalue weighted by Crippen LogP contribution is -2.36. The number of anilines is 2. The Labute approximate surface area is 195 Å². The van der Waals surface area contributed by atoms with Gasteiger partial charge in [0, 0.05) is 49.5 Å². The lowest BCUT2D eigenvalue weighted by atomic mass is 9.93. The number of nitrogens with zero attached hydrogens (tertiary/aromatic N) is 4. The highest BCUT2D eigenvalue weighted by Gasteiger charge is 2.31. The van der Waals surface area contributed by atoms with Gasteiger partial charge in [0.15, 0.2) is 0 Å². The second-order valence-corrected chi connectivity index (χ2v) is 8.63. The summed E-state index contributed by atoms with van der Waals surface area (Å²) in [5.74, 6) is 0.960. The molecule has 10 heteroatoms. The molecule has 1 saturated heterocycles. The van der Waals surface area contributed by atoms with Crippen molar-refractivity contribution in [2.75, 3.05) is 36.5 Å². The second kappa shape index (κ2) is 9.61. The van der Waals surface area contributed by atoms with Crippen molar-refractivity contribution in [1.29, 1.82) is 0 Å². The van der Waals surface area contributed by atoms with Crippen molar-refractivity contribution in [3.8, 4) is 5.75 Å². The number of halogens is 3. The van der Waals surface area contributed by atoms with Gasteiger partial charge in [-0.15, -0.1) is 0 Å². The second-order valence-electron chi connectivity index (χ2n) is 8.63. The van der Waals surface area contributed by atoms with Crippen molar-refractivity contribution in [3.05, 3.63) is 48.4 Å². The summed E-state index contributed by atoms with van der Waals surface area (Å²) in [7, 11) is 0. The maximum Gasteiger partial charge on any atom is 0.416 e. The van der Waals surface area contributed by atoms with Gasteiger partial charge >= 0.3 is 6.18 Å². The molecular weight excluding hydrogens is 447 g/mol. The molecule has 2 fully saturated rings. The molecule has 0 bridgehead atoms. The van der Waals surface area contributed by atoms with Crippen LogP contribution in [0.25, 0.3) is 11.0 Å². The van der Waals surface area contributed by atoms with Gasteiger partial charge in [0.05, 0.1) is 30.4 Å². The first-order chi connectivity index (χ1) is 16.5. The maximum atomic E-state index is 13.0. The number of fused-ring (bicyclic) bond motifs is 1. The van der Waals surface area contributed by atoms with E-state index >= 15 is 0 Å². The summed E-state index contributed by atoms with van der Waals surface area (Å²) >= 11 is 0. The molecule has 0 atom stereocenters. The predicted molar refractivity (Wildman–Crippen MR) is 122 cm³/mol. The highest BCUT2D eigenvalue weighted by Crippen LogP contribution is 2.34. The standard InChI is InChI=1S/C24H26F3N5O2/c25-24(26,27)16-5-6-29-22(13-16)31-17-1-3-19(4-2-17)34-21-15-18(32-9-11-33-12-10-32)14-20-23(21)30-8-7-28-20/h5-8,13-15,17,19H,1-4,9-12H2,(H,29,31). The minimum absolute atomic E-state index is 0.00216. The highest BCUT2D eigenvalue weighted by atomic mass is 19.4. The van der Waals surface area contributed by atoms with E-state index in [1.54, 1.807) is 12.4 Å². The number of morpholine rings is 1. The van der Waals surface area contributed by atoms with Crippen LogP contribution in [0.2, 0.25) is 0 Å². The quantitative estimate of drug-likeness (QED) is 0.577. The number of aromatic nitrogens is 3. The van der Waals surface area contributed by atoms with Crippen LogP contribution in [-0.4, -0.2) is 53.4 Å². The first kappa shape index (κ1) is 22.6. The molecule has 1 N–H and O–H groups in total. The normalized spacial score (nSPS) is 21.4. The third-order valence-corrected chi connectivity index (χ3v) is 6.31. The Bertz CT molecular complexity index is 1130. The van der Waals surface area contributed by atoms with Gasteiger partial charge in [-0.2, -0.15) is 13.2 Å². The number of benzene rings is 1. The molecule has 0 spiro atoms. The fourth-order valence-electron chi connectivity index (χ4n) is 4.52. The van der Waals surface area contributed by atoms with Crippen molar-refractivity contribution in [2.45, 2.75) is 44.0 Å². The SMILES string of the molecule is FC(F)(F)c1ccnc(NC2CCC(Oc3cc(N4CCOCC4)cc4nccnc34)CC2)c1. The molecule has 0 amide bonds. The van der Waals surface area contributed by atoms with Crippen LogP contribution in [0.3, 0.4) is 0 Å². The number of nitrogens with one attached hydrogen (secondary N) is 1. The molecule has 1 aliphatic carbocycles. The zero-order valence-electron chi connectivity index (χ0n) is 18.6. The number of hydrogen-bond acceptors (Lipinski definition) is 7. The van der Waals surface area contributed by atoms with E-state index in [9.17, 15) is 13.2 Å². The summed E-state index contributed by atoms with van der Waals surface area (Å²) in [6, 6.07) is 6.15. The zero-order chi connectivity index (χ0) is 23.5. The Balaban J connectivity index is 1.25. The lowest BCUT2D eigenvalue weighted by Gasteiger charge is -2.31. The Morgan fingerprint density at radius 1 is 0.941 bits per heavy atom. The summed E-state index contributed by atoms with van der Waals surface area (Å²) < 4.78 is 50.8. The van der Waals surface area contributed by atoms with E-state index in [0.717, 1.165) is 67.6 Å². The first-order valence-electron chi connectivity index (χ1n) is 11.5. The third kappa shape index (κ3) is 5.16. The minimum Gasteiger partial charge on any atom is -0.488 e. The van der Waals surface area contributed by atoms with Crippen LogP contribution >= 0.6 is 0 Å². The van der Waals surface area contributed by atoms with E-state index in [4.69, 9.17) is 9.47 Å².